The van der Waals surface area contributed by atoms with E-state index < -0.39 is 27.6 Å². The van der Waals surface area contributed by atoms with Gasteiger partial charge in [0.2, 0.25) is 10.0 Å². The molecular formula is C22H17F2N3O3S. The topological polar surface area (TPSA) is 91.1 Å². The Bertz CT molecular complexity index is 1410. The second-order valence-corrected chi connectivity index (χ2v) is 8.77. The van der Waals surface area contributed by atoms with E-state index in [1.807, 2.05) is 0 Å². The summed E-state index contributed by atoms with van der Waals surface area (Å²) in [6.45, 7) is 0. The number of hydrogen-bond acceptors (Lipinski definition) is 3. The highest BCUT2D eigenvalue weighted by molar-refractivity contribution is 7.92. The smallest absolute Gasteiger partial charge is 0.272 e. The Kier molecular flexibility index (Phi) is 5.20. The van der Waals surface area contributed by atoms with Crippen molar-refractivity contribution in [1.82, 2.24) is 4.98 Å². The molecule has 0 aliphatic rings. The molecule has 0 saturated heterocycles. The molecule has 3 aromatic carbocycles. The van der Waals surface area contributed by atoms with Crippen LogP contribution in [0, 0.1) is 11.6 Å². The summed E-state index contributed by atoms with van der Waals surface area (Å²) < 4.78 is 52.4. The zero-order chi connectivity index (χ0) is 22.2. The summed E-state index contributed by atoms with van der Waals surface area (Å²) >= 11 is 0. The molecule has 31 heavy (non-hydrogen) atoms. The molecule has 0 fully saturated rings. The summed E-state index contributed by atoms with van der Waals surface area (Å²) in [5, 5.41) is 3.39. The molecule has 158 valence electrons. The number of H-pyrrole nitrogens is 1. The lowest BCUT2D eigenvalue weighted by Gasteiger charge is -2.08. The van der Waals surface area contributed by atoms with Crippen molar-refractivity contribution >= 4 is 38.2 Å². The summed E-state index contributed by atoms with van der Waals surface area (Å²) in [5.74, 6) is -1.79. The number of amides is 1. The van der Waals surface area contributed by atoms with Crippen LogP contribution in [0.5, 0.6) is 0 Å². The molecule has 4 aromatic rings. The van der Waals surface area contributed by atoms with Gasteiger partial charge < -0.3 is 10.3 Å². The van der Waals surface area contributed by atoms with Gasteiger partial charge in [0.1, 0.15) is 17.3 Å². The summed E-state index contributed by atoms with van der Waals surface area (Å²) in [6.07, 6.45) is 1.05. The van der Waals surface area contributed by atoms with E-state index in [4.69, 9.17) is 0 Å². The molecular weight excluding hydrogens is 424 g/mol. The molecule has 4 rings (SSSR count). The van der Waals surface area contributed by atoms with E-state index in [0.29, 0.717) is 27.8 Å². The van der Waals surface area contributed by atoms with Gasteiger partial charge in [-0.05, 0) is 54.1 Å². The molecule has 1 aromatic heterocycles. The Morgan fingerprint density at radius 2 is 1.74 bits per heavy atom. The largest absolute Gasteiger partial charge is 0.351 e. The van der Waals surface area contributed by atoms with Crippen LogP contribution in [0.2, 0.25) is 0 Å². The van der Waals surface area contributed by atoms with E-state index in [0.717, 1.165) is 12.3 Å². The number of fused-ring (bicyclic) bond motifs is 1. The maximum atomic E-state index is 14.1. The first-order valence-corrected chi connectivity index (χ1v) is 11.0. The minimum atomic E-state index is -3.42. The number of nitrogens with one attached hydrogen (secondary N) is 3. The van der Waals surface area contributed by atoms with Crippen molar-refractivity contribution in [3.05, 3.63) is 84.1 Å². The van der Waals surface area contributed by atoms with Gasteiger partial charge in [0.05, 0.1) is 6.26 Å². The van der Waals surface area contributed by atoms with Crippen molar-refractivity contribution in [2.45, 2.75) is 0 Å². The third kappa shape index (κ3) is 4.72. The van der Waals surface area contributed by atoms with E-state index >= 15 is 0 Å². The van der Waals surface area contributed by atoms with Crippen LogP contribution >= 0.6 is 0 Å². The van der Waals surface area contributed by atoms with E-state index in [1.54, 1.807) is 48.5 Å². The van der Waals surface area contributed by atoms with Crippen molar-refractivity contribution in [3.8, 4) is 11.1 Å². The maximum absolute atomic E-state index is 14.1. The number of aromatic amines is 1. The fourth-order valence-corrected chi connectivity index (χ4v) is 3.77. The maximum Gasteiger partial charge on any atom is 0.272 e. The van der Waals surface area contributed by atoms with E-state index in [2.05, 4.69) is 15.0 Å². The third-order valence-electron chi connectivity index (χ3n) is 4.53. The fourth-order valence-electron chi connectivity index (χ4n) is 3.22. The predicted molar refractivity (Wildman–Crippen MR) is 117 cm³/mol. The number of carbonyl (C=O) groups is 1. The standard InChI is InChI=1S/C22H17F2N3O3S/c1-31(29,30)27-17-6-8-20-14(10-17)11-21(26-20)22(28)25-16-4-2-3-13(9-16)18-7-5-15(23)12-19(18)24/h2-12,26-27H,1H3,(H,25,28). The molecule has 1 heterocycles. The molecule has 0 bridgehead atoms. The average Bonchev–Trinajstić information content (AvgIpc) is 3.10. The van der Waals surface area contributed by atoms with Gasteiger partial charge >= 0.3 is 0 Å². The molecule has 0 aliphatic carbocycles. The lowest BCUT2D eigenvalue weighted by molar-refractivity contribution is 0.102. The van der Waals surface area contributed by atoms with Crippen LogP contribution in [0.4, 0.5) is 20.2 Å². The van der Waals surface area contributed by atoms with Gasteiger partial charge in [-0.3, -0.25) is 9.52 Å². The molecule has 1 amide bonds. The lowest BCUT2D eigenvalue weighted by Crippen LogP contribution is -2.12. The summed E-state index contributed by atoms with van der Waals surface area (Å²) in [7, 11) is -3.42. The monoisotopic (exact) mass is 441 g/mol. The third-order valence-corrected chi connectivity index (χ3v) is 5.14. The van der Waals surface area contributed by atoms with E-state index in [9.17, 15) is 22.0 Å². The Hall–Kier alpha value is -3.72. The highest BCUT2D eigenvalue weighted by Crippen LogP contribution is 2.26. The van der Waals surface area contributed by atoms with Gasteiger partial charge in [0, 0.05) is 33.9 Å². The van der Waals surface area contributed by atoms with Crippen molar-refractivity contribution < 1.29 is 22.0 Å². The molecule has 0 aliphatic heterocycles. The second-order valence-electron chi connectivity index (χ2n) is 7.02. The van der Waals surface area contributed by atoms with Crippen LogP contribution in [0.1, 0.15) is 10.5 Å². The summed E-state index contributed by atoms with van der Waals surface area (Å²) in [6, 6.07) is 16.3. The Labute approximate surface area is 177 Å². The zero-order valence-electron chi connectivity index (χ0n) is 16.2. The lowest BCUT2D eigenvalue weighted by atomic mass is 10.0. The first-order chi connectivity index (χ1) is 14.7. The van der Waals surface area contributed by atoms with Gasteiger partial charge in [-0.15, -0.1) is 0 Å². The number of carbonyl (C=O) groups excluding carboxylic acids is 1. The normalized spacial score (nSPS) is 11.5. The Balaban J connectivity index is 1.57. The number of rotatable bonds is 5. The van der Waals surface area contributed by atoms with Crippen molar-refractivity contribution in [3.63, 3.8) is 0 Å². The molecule has 3 N–H and O–H groups in total. The number of benzene rings is 3. The molecule has 0 spiro atoms. The van der Waals surface area contributed by atoms with Crippen LogP contribution in [0.25, 0.3) is 22.0 Å². The number of anilines is 2. The highest BCUT2D eigenvalue weighted by atomic mass is 32.2. The van der Waals surface area contributed by atoms with Gasteiger partial charge in [0.15, 0.2) is 0 Å². The minimum absolute atomic E-state index is 0.217. The Morgan fingerprint density at radius 1 is 0.935 bits per heavy atom. The molecule has 0 unspecified atom stereocenters. The number of halogens is 2. The van der Waals surface area contributed by atoms with Gasteiger partial charge in [-0.2, -0.15) is 0 Å². The first-order valence-electron chi connectivity index (χ1n) is 9.15. The average molecular weight is 441 g/mol. The van der Waals surface area contributed by atoms with E-state index in [-0.39, 0.29) is 11.3 Å². The zero-order valence-corrected chi connectivity index (χ0v) is 17.1. The number of aromatic nitrogens is 1. The van der Waals surface area contributed by atoms with Crippen LogP contribution in [0.15, 0.2) is 66.7 Å². The fraction of sp³-hybridized carbons (Fsp3) is 0.0455. The summed E-state index contributed by atoms with van der Waals surface area (Å²) in [4.78, 5) is 15.7. The van der Waals surface area contributed by atoms with Gasteiger partial charge in [0.25, 0.3) is 5.91 Å². The first kappa shape index (κ1) is 20.5. The SMILES string of the molecule is CS(=O)(=O)Nc1ccc2[nH]c(C(=O)Nc3cccc(-c4ccc(F)cc4F)c3)cc2c1. The van der Waals surface area contributed by atoms with Crippen LogP contribution in [-0.4, -0.2) is 25.6 Å². The van der Waals surface area contributed by atoms with Crippen LogP contribution < -0.4 is 10.0 Å². The summed E-state index contributed by atoms with van der Waals surface area (Å²) in [5.41, 5.74) is 2.45. The van der Waals surface area contributed by atoms with Gasteiger partial charge in [-0.25, -0.2) is 17.2 Å². The highest BCUT2D eigenvalue weighted by Gasteiger charge is 2.13. The minimum Gasteiger partial charge on any atom is -0.351 e. The van der Waals surface area contributed by atoms with Crippen molar-refractivity contribution in [1.29, 1.82) is 0 Å². The van der Waals surface area contributed by atoms with Gasteiger partial charge in [-0.1, -0.05) is 12.1 Å². The molecule has 0 saturated carbocycles. The second kappa shape index (κ2) is 7.84. The van der Waals surface area contributed by atoms with E-state index in [1.165, 1.54) is 12.1 Å². The predicted octanol–water partition coefficient (Wildman–Crippen LogP) is 4.74. The Morgan fingerprint density at radius 3 is 2.48 bits per heavy atom. The molecule has 9 heteroatoms. The molecule has 0 radical (unpaired) electrons. The van der Waals surface area contributed by atoms with Crippen molar-refractivity contribution in [2.75, 3.05) is 16.3 Å². The molecule has 0 atom stereocenters. The number of hydrogen-bond donors (Lipinski definition) is 3. The molecule has 6 nitrogen and oxygen atoms in total. The van der Waals surface area contributed by atoms with Crippen molar-refractivity contribution in [2.24, 2.45) is 0 Å². The van der Waals surface area contributed by atoms with Crippen LogP contribution in [0.3, 0.4) is 0 Å². The van der Waals surface area contributed by atoms with Crippen LogP contribution in [-0.2, 0) is 10.0 Å². The number of sulfonamides is 1. The quantitative estimate of drug-likeness (QED) is 0.418.